The smallest absolute Gasteiger partial charge is 0.360 e. The molecule has 1 aromatic carbocycles. The summed E-state index contributed by atoms with van der Waals surface area (Å²) in [5.41, 5.74) is 7.27. The molecule has 0 radical (unpaired) electrons. The zero-order valence-corrected chi connectivity index (χ0v) is 18.8. The van der Waals surface area contributed by atoms with Crippen LogP contribution >= 0.6 is 11.3 Å². The molecule has 174 valence electrons. The fraction of sp³-hybridized carbons (Fsp3) is 0.208. The molecule has 0 fully saturated rings. The van der Waals surface area contributed by atoms with Gasteiger partial charge in [0.1, 0.15) is 11.4 Å². The lowest BCUT2D eigenvalue weighted by Crippen LogP contribution is -2.31. The predicted molar refractivity (Wildman–Crippen MR) is 125 cm³/mol. The van der Waals surface area contributed by atoms with Crippen LogP contribution in [0.4, 0.5) is 22.7 Å². The molecule has 0 unspecified atom stereocenters. The maximum atomic E-state index is 13.6. The SMILES string of the molecule is CC#Cc1nc(NC[C@@H](N)Cc2ccc(C(F)(F)F)nc2)sc1-c1ccc2cnc(F)cc2c1. The second kappa shape index (κ2) is 9.75. The van der Waals surface area contributed by atoms with Crippen LogP contribution in [0.25, 0.3) is 21.2 Å². The van der Waals surface area contributed by atoms with Crippen LogP contribution < -0.4 is 11.1 Å². The maximum absolute atomic E-state index is 13.6. The average molecular weight is 486 g/mol. The molecule has 5 nitrogen and oxygen atoms in total. The number of nitrogens with one attached hydrogen (secondary N) is 1. The van der Waals surface area contributed by atoms with E-state index < -0.39 is 17.8 Å². The molecular formula is C24H19F4N5S. The van der Waals surface area contributed by atoms with Crippen molar-refractivity contribution in [2.75, 3.05) is 11.9 Å². The predicted octanol–water partition coefficient (Wildman–Crippen LogP) is 5.26. The number of aromatic nitrogens is 3. The molecule has 0 saturated carbocycles. The quantitative estimate of drug-likeness (QED) is 0.221. The standard InChI is InChI=1S/C24H19F4N5S/c1-2-3-19-22(15-5-6-16-12-31-21(25)10-17(16)9-15)34-23(33-19)32-13-18(29)8-14-4-7-20(30-11-14)24(26,27)28/h4-7,9-12,18H,8,13,29H2,1H3,(H,32,33)/t18-/m0/s1. The van der Waals surface area contributed by atoms with E-state index in [0.717, 1.165) is 27.3 Å². The van der Waals surface area contributed by atoms with Gasteiger partial charge in [0.15, 0.2) is 5.13 Å². The Morgan fingerprint density at radius 3 is 2.62 bits per heavy atom. The summed E-state index contributed by atoms with van der Waals surface area (Å²) in [6, 6.07) is 8.96. The molecule has 3 aromatic heterocycles. The Hall–Kier alpha value is -3.55. The highest BCUT2D eigenvalue weighted by Gasteiger charge is 2.32. The summed E-state index contributed by atoms with van der Waals surface area (Å²) in [6.07, 6.45) is -1.45. The summed E-state index contributed by atoms with van der Waals surface area (Å²) in [6.45, 7) is 2.06. The third-order valence-electron chi connectivity index (χ3n) is 4.95. The van der Waals surface area contributed by atoms with Gasteiger partial charge >= 0.3 is 6.18 Å². The van der Waals surface area contributed by atoms with Gasteiger partial charge in [-0.2, -0.15) is 17.6 Å². The molecule has 0 amide bonds. The first-order valence-corrected chi connectivity index (χ1v) is 11.1. The van der Waals surface area contributed by atoms with Gasteiger partial charge < -0.3 is 11.1 Å². The van der Waals surface area contributed by atoms with Gasteiger partial charge in [-0.25, -0.2) is 9.97 Å². The number of hydrogen-bond acceptors (Lipinski definition) is 6. The van der Waals surface area contributed by atoms with E-state index in [9.17, 15) is 17.6 Å². The van der Waals surface area contributed by atoms with Crippen LogP contribution in [0.2, 0.25) is 0 Å². The number of benzene rings is 1. The molecule has 3 heterocycles. The average Bonchev–Trinajstić information content (AvgIpc) is 3.20. The first-order chi connectivity index (χ1) is 16.2. The fourth-order valence-electron chi connectivity index (χ4n) is 3.36. The number of alkyl halides is 3. The van der Waals surface area contributed by atoms with E-state index in [1.54, 1.807) is 6.92 Å². The van der Waals surface area contributed by atoms with Crippen molar-refractivity contribution in [2.24, 2.45) is 5.73 Å². The Labute approximate surface area is 197 Å². The van der Waals surface area contributed by atoms with Crippen molar-refractivity contribution in [2.45, 2.75) is 25.6 Å². The molecule has 3 N–H and O–H groups in total. The van der Waals surface area contributed by atoms with Crippen molar-refractivity contribution >= 4 is 27.2 Å². The topological polar surface area (TPSA) is 76.7 Å². The zero-order chi connectivity index (χ0) is 24.3. The molecule has 4 rings (SSSR count). The minimum Gasteiger partial charge on any atom is -0.360 e. The highest BCUT2D eigenvalue weighted by molar-refractivity contribution is 7.19. The number of thiazole rings is 1. The van der Waals surface area contributed by atoms with Crippen molar-refractivity contribution < 1.29 is 17.6 Å². The van der Waals surface area contributed by atoms with E-state index in [0.29, 0.717) is 29.4 Å². The Morgan fingerprint density at radius 2 is 1.91 bits per heavy atom. The molecule has 0 saturated heterocycles. The number of pyridine rings is 2. The van der Waals surface area contributed by atoms with E-state index in [-0.39, 0.29) is 6.04 Å². The van der Waals surface area contributed by atoms with E-state index in [2.05, 4.69) is 32.1 Å². The van der Waals surface area contributed by atoms with Crippen molar-refractivity contribution in [1.82, 2.24) is 15.0 Å². The van der Waals surface area contributed by atoms with Crippen LogP contribution in [0.15, 0.2) is 48.8 Å². The van der Waals surface area contributed by atoms with Crippen LogP contribution in [0.5, 0.6) is 0 Å². The monoisotopic (exact) mass is 485 g/mol. The number of rotatable bonds is 6. The fourth-order valence-corrected chi connectivity index (χ4v) is 4.28. The Kier molecular flexibility index (Phi) is 6.77. The van der Waals surface area contributed by atoms with Gasteiger partial charge in [0, 0.05) is 36.4 Å². The zero-order valence-electron chi connectivity index (χ0n) is 17.9. The second-order valence-corrected chi connectivity index (χ2v) is 8.53. The van der Waals surface area contributed by atoms with Gasteiger partial charge in [-0.1, -0.05) is 35.5 Å². The number of fused-ring (bicyclic) bond motifs is 1. The largest absolute Gasteiger partial charge is 0.433 e. The molecule has 1 atom stereocenters. The molecule has 0 aliphatic carbocycles. The summed E-state index contributed by atoms with van der Waals surface area (Å²) in [4.78, 5) is 12.5. The molecule has 0 aliphatic heterocycles. The van der Waals surface area contributed by atoms with E-state index in [1.807, 2.05) is 18.2 Å². The Balaban J connectivity index is 1.48. The van der Waals surface area contributed by atoms with Gasteiger partial charge in [0.2, 0.25) is 5.95 Å². The summed E-state index contributed by atoms with van der Waals surface area (Å²) in [5.74, 6) is 5.29. The van der Waals surface area contributed by atoms with Crippen LogP contribution in [-0.4, -0.2) is 27.5 Å². The Morgan fingerprint density at radius 1 is 1.09 bits per heavy atom. The number of nitrogens with two attached hydrogens (primary N) is 1. The summed E-state index contributed by atoms with van der Waals surface area (Å²) in [5, 5.41) is 5.32. The summed E-state index contributed by atoms with van der Waals surface area (Å²) < 4.78 is 51.6. The van der Waals surface area contributed by atoms with Crippen LogP contribution in [-0.2, 0) is 12.6 Å². The van der Waals surface area contributed by atoms with Gasteiger partial charge in [0.25, 0.3) is 0 Å². The third kappa shape index (κ3) is 5.50. The normalized spacial score (nSPS) is 12.3. The van der Waals surface area contributed by atoms with Crippen LogP contribution in [0.1, 0.15) is 23.9 Å². The molecule has 0 bridgehead atoms. The number of anilines is 1. The van der Waals surface area contributed by atoms with E-state index in [4.69, 9.17) is 5.73 Å². The van der Waals surface area contributed by atoms with Crippen LogP contribution in [0, 0.1) is 17.8 Å². The number of nitrogens with zero attached hydrogens (tertiary/aromatic N) is 3. The van der Waals surface area contributed by atoms with E-state index >= 15 is 0 Å². The van der Waals surface area contributed by atoms with Crippen molar-refractivity contribution in [3.05, 3.63) is 71.7 Å². The van der Waals surface area contributed by atoms with Crippen molar-refractivity contribution in [3.8, 4) is 22.3 Å². The van der Waals surface area contributed by atoms with Crippen molar-refractivity contribution in [1.29, 1.82) is 0 Å². The molecule has 0 aliphatic rings. The van der Waals surface area contributed by atoms with E-state index in [1.165, 1.54) is 35.9 Å². The van der Waals surface area contributed by atoms with Gasteiger partial charge in [-0.3, -0.25) is 4.98 Å². The maximum Gasteiger partial charge on any atom is 0.433 e. The van der Waals surface area contributed by atoms with Gasteiger partial charge in [-0.15, -0.1) is 0 Å². The molecule has 0 spiro atoms. The summed E-state index contributed by atoms with van der Waals surface area (Å²) in [7, 11) is 0. The lowest BCUT2D eigenvalue weighted by atomic mass is 10.1. The van der Waals surface area contributed by atoms with Crippen molar-refractivity contribution in [3.63, 3.8) is 0 Å². The lowest BCUT2D eigenvalue weighted by molar-refractivity contribution is -0.141. The van der Waals surface area contributed by atoms with Gasteiger partial charge in [0.05, 0.1) is 4.88 Å². The molecular weight excluding hydrogens is 466 g/mol. The number of hydrogen-bond donors (Lipinski definition) is 2. The molecule has 4 aromatic rings. The Bertz CT molecular complexity index is 1370. The van der Waals surface area contributed by atoms with Crippen LogP contribution in [0.3, 0.4) is 0 Å². The highest BCUT2D eigenvalue weighted by atomic mass is 32.1. The number of halogens is 4. The summed E-state index contributed by atoms with van der Waals surface area (Å²) >= 11 is 1.39. The second-order valence-electron chi connectivity index (χ2n) is 7.54. The lowest BCUT2D eigenvalue weighted by Gasteiger charge is -2.12. The minimum atomic E-state index is -4.47. The molecule has 34 heavy (non-hydrogen) atoms. The third-order valence-corrected chi connectivity index (χ3v) is 6.01. The first-order valence-electron chi connectivity index (χ1n) is 10.2. The minimum absolute atomic E-state index is 0.349. The molecule has 10 heteroatoms. The first kappa shape index (κ1) is 23.6. The van der Waals surface area contributed by atoms with Gasteiger partial charge in [-0.05, 0) is 47.9 Å². The highest BCUT2D eigenvalue weighted by Crippen LogP contribution is 2.34.